The maximum atomic E-state index is 8.47. The average molecular weight is 104 g/mol. The summed E-state index contributed by atoms with van der Waals surface area (Å²) in [5.74, 6) is 0. The van der Waals surface area contributed by atoms with Crippen molar-refractivity contribution in [1.29, 1.82) is 0 Å². The summed E-state index contributed by atoms with van der Waals surface area (Å²) >= 11 is 0. The van der Waals surface area contributed by atoms with Gasteiger partial charge < -0.3 is 4.80 Å². The number of hydrogen-bond acceptors (Lipinski definition) is 1. The highest BCUT2D eigenvalue weighted by Crippen LogP contribution is 2.01. The van der Waals surface area contributed by atoms with E-state index >= 15 is 0 Å². The van der Waals surface area contributed by atoms with Crippen LogP contribution in [0.3, 0.4) is 0 Å². The Bertz CT molecular complexity index is 26.7. The lowest BCUT2D eigenvalue weighted by atomic mass is 10.4. The summed E-state index contributed by atoms with van der Waals surface area (Å²) in [6.45, 7) is 4.19. The van der Waals surface area contributed by atoms with Crippen LogP contribution in [0.15, 0.2) is 0 Å². The molecule has 0 aromatic rings. The van der Waals surface area contributed by atoms with Gasteiger partial charge in [-0.15, -0.1) is 0 Å². The summed E-state index contributed by atoms with van der Waals surface area (Å²) in [7, 11) is -0.662. The van der Waals surface area contributed by atoms with Gasteiger partial charge in [-0.1, -0.05) is 20.3 Å². The second kappa shape index (κ2) is 3.37. The molecule has 0 aromatic heterocycles. The van der Waals surface area contributed by atoms with Crippen molar-refractivity contribution in [3.8, 4) is 0 Å². The van der Waals surface area contributed by atoms with Crippen LogP contribution in [-0.2, 0) is 0 Å². The molecule has 38 valence electrons. The third-order valence-corrected chi connectivity index (χ3v) is 2.21. The number of rotatable bonds is 2. The molecule has 1 unspecified atom stereocenters. The van der Waals surface area contributed by atoms with E-state index in [0.29, 0.717) is 5.54 Å². The van der Waals surface area contributed by atoms with Crippen molar-refractivity contribution < 1.29 is 4.80 Å². The van der Waals surface area contributed by atoms with Crippen LogP contribution < -0.4 is 0 Å². The molecule has 6 heavy (non-hydrogen) atoms. The van der Waals surface area contributed by atoms with Gasteiger partial charge in [0.15, 0.2) is 9.76 Å². The third kappa shape index (κ3) is 2.42. The van der Waals surface area contributed by atoms with Gasteiger partial charge in [0, 0.05) is 0 Å². The predicted molar refractivity (Wildman–Crippen MR) is 30.5 cm³/mol. The van der Waals surface area contributed by atoms with Crippen LogP contribution in [0.2, 0.25) is 5.54 Å². The Morgan fingerprint density at radius 1 is 1.83 bits per heavy atom. The molecular formula is C4H12OSi. The minimum absolute atomic E-state index is 0.630. The zero-order valence-corrected chi connectivity index (χ0v) is 5.85. The van der Waals surface area contributed by atoms with Gasteiger partial charge in [-0.2, -0.15) is 0 Å². The highest BCUT2D eigenvalue weighted by atomic mass is 28.2. The fourth-order valence-electron chi connectivity index (χ4n) is 0.129. The molecule has 0 aromatic carbocycles. The first-order chi connectivity index (χ1) is 2.81. The first-order valence-electron chi connectivity index (χ1n) is 2.42. The molecule has 0 aliphatic carbocycles. The Balaban J connectivity index is 2.75. The van der Waals surface area contributed by atoms with Crippen LogP contribution in [-0.4, -0.2) is 14.6 Å². The molecule has 0 fully saturated rings. The molecule has 1 N–H and O–H groups in total. The predicted octanol–water partition coefficient (Wildman–Crippen LogP) is 0.281. The minimum Gasteiger partial charge on any atom is -0.438 e. The van der Waals surface area contributed by atoms with Crippen molar-refractivity contribution in [3.63, 3.8) is 0 Å². The van der Waals surface area contributed by atoms with E-state index in [1.807, 2.05) is 0 Å². The standard InChI is InChI=1S/C4H12OSi/c1-3-4(2)6-5/h4-5H,3,6H2,1-2H3. The monoisotopic (exact) mass is 104 g/mol. The lowest BCUT2D eigenvalue weighted by Gasteiger charge is -1.96. The smallest absolute Gasteiger partial charge is 0.159 e. The summed E-state index contributed by atoms with van der Waals surface area (Å²) in [4.78, 5) is 8.47. The van der Waals surface area contributed by atoms with E-state index in [4.69, 9.17) is 4.80 Å². The Hall–Kier alpha value is 0.177. The molecule has 0 rings (SSSR count). The largest absolute Gasteiger partial charge is 0.438 e. The normalized spacial score (nSPS) is 16.5. The summed E-state index contributed by atoms with van der Waals surface area (Å²) in [6.07, 6.45) is 1.14. The van der Waals surface area contributed by atoms with Crippen molar-refractivity contribution in [2.75, 3.05) is 0 Å². The van der Waals surface area contributed by atoms with Crippen LogP contribution in [0.1, 0.15) is 20.3 Å². The lowest BCUT2D eigenvalue weighted by molar-refractivity contribution is 0.577. The zero-order valence-electron chi connectivity index (χ0n) is 4.44. The summed E-state index contributed by atoms with van der Waals surface area (Å²) in [5, 5.41) is 0. The van der Waals surface area contributed by atoms with Crippen molar-refractivity contribution in [2.24, 2.45) is 0 Å². The SMILES string of the molecule is CCC(C)[SiH2]O. The molecule has 1 atom stereocenters. The Kier molecular flexibility index (Phi) is 3.47. The first-order valence-corrected chi connectivity index (χ1v) is 3.87. The molecule has 0 aliphatic heterocycles. The van der Waals surface area contributed by atoms with E-state index in [1.165, 1.54) is 0 Å². The van der Waals surface area contributed by atoms with Crippen LogP contribution in [0.5, 0.6) is 0 Å². The summed E-state index contributed by atoms with van der Waals surface area (Å²) in [5.41, 5.74) is 0.630. The van der Waals surface area contributed by atoms with E-state index in [1.54, 1.807) is 0 Å². The molecule has 0 amide bonds. The van der Waals surface area contributed by atoms with Gasteiger partial charge in [0.25, 0.3) is 0 Å². The van der Waals surface area contributed by atoms with Crippen LogP contribution in [0.4, 0.5) is 0 Å². The summed E-state index contributed by atoms with van der Waals surface area (Å²) < 4.78 is 0. The third-order valence-electron chi connectivity index (χ3n) is 1.01. The number of hydrogen-bond donors (Lipinski definition) is 1. The van der Waals surface area contributed by atoms with Crippen molar-refractivity contribution in [1.82, 2.24) is 0 Å². The Morgan fingerprint density at radius 3 is 2.33 bits per heavy atom. The molecule has 0 aliphatic rings. The topological polar surface area (TPSA) is 20.2 Å². The van der Waals surface area contributed by atoms with E-state index in [9.17, 15) is 0 Å². The fourth-order valence-corrected chi connectivity index (χ4v) is 0.387. The van der Waals surface area contributed by atoms with Crippen molar-refractivity contribution in [3.05, 3.63) is 0 Å². The second-order valence-corrected chi connectivity index (χ2v) is 3.45. The van der Waals surface area contributed by atoms with Crippen molar-refractivity contribution >= 4 is 9.76 Å². The molecule has 0 saturated carbocycles. The van der Waals surface area contributed by atoms with E-state index in [-0.39, 0.29) is 0 Å². The van der Waals surface area contributed by atoms with E-state index in [2.05, 4.69) is 13.8 Å². The second-order valence-electron chi connectivity index (χ2n) is 1.70. The van der Waals surface area contributed by atoms with E-state index < -0.39 is 9.76 Å². The maximum absolute atomic E-state index is 8.47. The highest BCUT2D eigenvalue weighted by molar-refractivity contribution is 6.27. The van der Waals surface area contributed by atoms with Gasteiger partial charge >= 0.3 is 0 Å². The maximum Gasteiger partial charge on any atom is 0.159 e. The van der Waals surface area contributed by atoms with Gasteiger partial charge in [-0.3, -0.25) is 0 Å². The average Bonchev–Trinajstić information content (AvgIpc) is 1.65. The Morgan fingerprint density at radius 2 is 2.33 bits per heavy atom. The van der Waals surface area contributed by atoms with Gasteiger partial charge in [-0.05, 0) is 5.54 Å². The highest BCUT2D eigenvalue weighted by Gasteiger charge is 1.91. The zero-order chi connectivity index (χ0) is 4.99. The van der Waals surface area contributed by atoms with Gasteiger partial charge in [-0.25, -0.2) is 0 Å². The van der Waals surface area contributed by atoms with Gasteiger partial charge in [0.05, 0.1) is 0 Å². The van der Waals surface area contributed by atoms with E-state index in [0.717, 1.165) is 6.42 Å². The van der Waals surface area contributed by atoms with Crippen LogP contribution >= 0.6 is 0 Å². The molecule has 0 heterocycles. The first kappa shape index (κ1) is 6.18. The van der Waals surface area contributed by atoms with Crippen LogP contribution in [0.25, 0.3) is 0 Å². The molecule has 1 nitrogen and oxygen atoms in total. The Labute approximate surface area is 41.3 Å². The van der Waals surface area contributed by atoms with Crippen molar-refractivity contribution in [2.45, 2.75) is 25.8 Å². The molecule has 0 saturated heterocycles. The molecule has 2 heteroatoms. The molecule has 0 radical (unpaired) electrons. The van der Waals surface area contributed by atoms with Crippen LogP contribution in [0, 0.1) is 0 Å². The molecule has 0 spiro atoms. The molecular weight excluding hydrogens is 92.1 g/mol. The van der Waals surface area contributed by atoms with Gasteiger partial charge in [0.2, 0.25) is 0 Å². The lowest BCUT2D eigenvalue weighted by Crippen LogP contribution is -1.94. The quantitative estimate of drug-likeness (QED) is 0.499. The molecule has 0 bridgehead atoms. The van der Waals surface area contributed by atoms with Gasteiger partial charge in [0.1, 0.15) is 0 Å². The minimum atomic E-state index is -0.662. The summed E-state index contributed by atoms with van der Waals surface area (Å²) in [6, 6.07) is 0. The fraction of sp³-hybridized carbons (Fsp3) is 1.00.